The molecule has 1 aromatic heterocycles. The van der Waals surface area contributed by atoms with Gasteiger partial charge in [0, 0.05) is 16.6 Å². The highest BCUT2D eigenvalue weighted by atomic mass is 35.5. The molecular weight excluding hydrogens is 306 g/mol. The van der Waals surface area contributed by atoms with Gasteiger partial charge in [-0.3, -0.25) is 4.79 Å². The molecule has 3 rings (SSSR count). The van der Waals surface area contributed by atoms with E-state index in [0.717, 1.165) is 10.9 Å². The summed E-state index contributed by atoms with van der Waals surface area (Å²) in [6.07, 6.45) is 1.84. The van der Waals surface area contributed by atoms with E-state index in [4.69, 9.17) is 11.6 Å². The quantitative estimate of drug-likeness (QED) is 0.649. The molecule has 0 saturated heterocycles. The van der Waals surface area contributed by atoms with Gasteiger partial charge in [0.15, 0.2) is 0 Å². The molecule has 0 unspecified atom stereocenters. The molecule has 1 heterocycles. The average Bonchev–Trinajstić information content (AvgIpc) is 2.50. The third-order valence-corrected chi connectivity index (χ3v) is 4.35. The number of hydrogen-bond acceptors (Lipinski definition) is 1. The summed E-state index contributed by atoms with van der Waals surface area (Å²) in [7, 11) is 0. The van der Waals surface area contributed by atoms with Gasteiger partial charge in [0.2, 0.25) is 0 Å². The number of rotatable bonds is 2. The summed E-state index contributed by atoms with van der Waals surface area (Å²) in [6.45, 7) is 7.14. The van der Waals surface area contributed by atoms with Gasteiger partial charge in [-0.15, -0.1) is 0 Å². The standard InChI is InChI=1S/C20H20ClNO/c1-20(2,3)16-7-4-14(5-8-16)13-22-11-10-15-6-9-17(21)12-18(15)19(22)23/h4-12H,13H2,1-3H3. The Balaban J connectivity index is 1.95. The number of fused-ring (bicyclic) bond motifs is 1. The van der Waals surface area contributed by atoms with Crippen molar-refractivity contribution in [1.29, 1.82) is 0 Å². The Kier molecular flexibility index (Phi) is 4.03. The molecule has 3 aromatic rings. The zero-order valence-corrected chi connectivity index (χ0v) is 14.4. The molecule has 118 valence electrons. The van der Waals surface area contributed by atoms with E-state index in [0.29, 0.717) is 17.0 Å². The highest BCUT2D eigenvalue weighted by Crippen LogP contribution is 2.22. The Labute approximate surface area is 141 Å². The molecule has 3 heteroatoms. The van der Waals surface area contributed by atoms with Crippen molar-refractivity contribution in [2.24, 2.45) is 0 Å². The summed E-state index contributed by atoms with van der Waals surface area (Å²) < 4.78 is 1.73. The van der Waals surface area contributed by atoms with E-state index < -0.39 is 0 Å². The predicted molar refractivity (Wildman–Crippen MR) is 97.5 cm³/mol. The van der Waals surface area contributed by atoms with Crippen LogP contribution in [0.1, 0.15) is 31.9 Å². The maximum absolute atomic E-state index is 12.6. The van der Waals surface area contributed by atoms with E-state index in [9.17, 15) is 4.79 Å². The molecule has 2 nitrogen and oxygen atoms in total. The molecule has 0 aliphatic rings. The highest BCUT2D eigenvalue weighted by Gasteiger charge is 2.13. The number of nitrogens with zero attached hydrogens (tertiary/aromatic N) is 1. The summed E-state index contributed by atoms with van der Waals surface area (Å²) in [5.74, 6) is 0. The topological polar surface area (TPSA) is 22.0 Å². The van der Waals surface area contributed by atoms with E-state index in [1.54, 1.807) is 16.7 Å². The van der Waals surface area contributed by atoms with Crippen LogP contribution in [0.4, 0.5) is 0 Å². The normalized spacial score (nSPS) is 11.8. The van der Waals surface area contributed by atoms with E-state index in [2.05, 4.69) is 45.0 Å². The van der Waals surface area contributed by atoms with Crippen LogP contribution < -0.4 is 5.56 Å². The van der Waals surface area contributed by atoms with E-state index in [1.165, 1.54) is 5.56 Å². The number of aromatic nitrogens is 1. The van der Waals surface area contributed by atoms with Crippen LogP contribution in [0.15, 0.2) is 59.5 Å². The maximum atomic E-state index is 12.6. The van der Waals surface area contributed by atoms with Crippen molar-refractivity contribution in [2.75, 3.05) is 0 Å². The molecular formula is C20H20ClNO. The lowest BCUT2D eigenvalue weighted by atomic mass is 9.87. The summed E-state index contributed by atoms with van der Waals surface area (Å²) >= 11 is 6.02. The molecule has 0 bridgehead atoms. The van der Waals surface area contributed by atoms with Crippen molar-refractivity contribution >= 4 is 22.4 Å². The SMILES string of the molecule is CC(C)(C)c1ccc(Cn2ccc3ccc(Cl)cc3c2=O)cc1. The van der Waals surface area contributed by atoms with Crippen LogP contribution in [0.25, 0.3) is 10.8 Å². The molecule has 0 aliphatic carbocycles. The number of benzene rings is 2. The lowest BCUT2D eigenvalue weighted by Gasteiger charge is -2.19. The first kappa shape index (κ1) is 15.8. The van der Waals surface area contributed by atoms with Gasteiger partial charge in [0.05, 0.1) is 6.54 Å². The predicted octanol–water partition coefficient (Wildman–Crippen LogP) is 5.00. The largest absolute Gasteiger partial charge is 0.311 e. The molecule has 0 N–H and O–H groups in total. The summed E-state index contributed by atoms with van der Waals surface area (Å²) in [5, 5.41) is 2.16. The summed E-state index contributed by atoms with van der Waals surface area (Å²) in [4.78, 5) is 12.6. The van der Waals surface area contributed by atoms with Gasteiger partial charge in [-0.25, -0.2) is 0 Å². The molecule has 0 aliphatic heterocycles. The molecule has 23 heavy (non-hydrogen) atoms. The van der Waals surface area contributed by atoms with Crippen LogP contribution in [-0.2, 0) is 12.0 Å². The molecule has 0 fully saturated rings. The van der Waals surface area contributed by atoms with Crippen LogP contribution in [0.3, 0.4) is 0 Å². The van der Waals surface area contributed by atoms with E-state index in [-0.39, 0.29) is 11.0 Å². The third kappa shape index (κ3) is 3.32. The molecule has 0 spiro atoms. The van der Waals surface area contributed by atoms with Gasteiger partial charge < -0.3 is 4.57 Å². The van der Waals surface area contributed by atoms with Crippen molar-refractivity contribution in [3.8, 4) is 0 Å². The van der Waals surface area contributed by atoms with Gasteiger partial charge in [-0.1, -0.05) is 62.7 Å². The van der Waals surface area contributed by atoms with Crippen molar-refractivity contribution in [1.82, 2.24) is 4.57 Å². The lowest BCUT2D eigenvalue weighted by molar-refractivity contribution is 0.589. The second-order valence-corrected chi connectivity index (χ2v) is 7.36. The zero-order chi connectivity index (χ0) is 16.6. The van der Waals surface area contributed by atoms with E-state index in [1.807, 2.05) is 18.3 Å². The Morgan fingerprint density at radius 3 is 2.35 bits per heavy atom. The average molecular weight is 326 g/mol. The molecule has 0 amide bonds. The van der Waals surface area contributed by atoms with Crippen LogP contribution in [-0.4, -0.2) is 4.57 Å². The number of hydrogen-bond donors (Lipinski definition) is 0. The second kappa shape index (κ2) is 5.86. The fraction of sp³-hybridized carbons (Fsp3) is 0.250. The zero-order valence-electron chi connectivity index (χ0n) is 13.6. The first-order chi connectivity index (χ1) is 10.8. The van der Waals surface area contributed by atoms with Crippen molar-refractivity contribution < 1.29 is 0 Å². The smallest absolute Gasteiger partial charge is 0.258 e. The number of halogens is 1. The highest BCUT2D eigenvalue weighted by molar-refractivity contribution is 6.31. The van der Waals surface area contributed by atoms with Crippen molar-refractivity contribution in [3.63, 3.8) is 0 Å². The Morgan fingerprint density at radius 2 is 1.70 bits per heavy atom. The Bertz CT molecular complexity index is 902. The monoisotopic (exact) mass is 325 g/mol. The first-order valence-corrected chi connectivity index (χ1v) is 8.10. The minimum atomic E-state index is -0.00935. The van der Waals surface area contributed by atoms with Crippen LogP contribution in [0.2, 0.25) is 5.02 Å². The fourth-order valence-electron chi connectivity index (χ4n) is 2.68. The molecule has 0 radical (unpaired) electrons. The minimum Gasteiger partial charge on any atom is -0.311 e. The summed E-state index contributed by atoms with van der Waals surface area (Å²) in [5.41, 5.74) is 2.53. The maximum Gasteiger partial charge on any atom is 0.258 e. The Hall–Kier alpha value is -2.06. The van der Waals surface area contributed by atoms with Crippen molar-refractivity contribution in [2.45, 2.75) is 32.7 Å². The van der Waals surface area contributed by atoms with Crippen LogP contribution >= 0.6 is 11.6 Å². The number of pyridine rings is 1. The van der Waals surface area contributed by atoms with Gasteiger partial charge in [0.1, 0.15) is 0 Å². The fourth-order valence-corrected chi connectivity index (χ4v) is 2.86. The molecule has 0 atom stereocenters. The van der Waals surface area contributed by atoms with Gasteiger partial charge in [-0.05, 0) is 40.1 Å². The van der Waals surface area contributed by atoms with E-state index >= 15 is 0 Å². The van der Waals surface area contributed by atoms with Crippen molar-refractivity contribution in [3.05, 3.63) is 81.2 Å². The summed E-state index contributed by atoms with van der Waals surface area (Å²) in [6, 6.07) is 15.8. The van der Waals surface area contributed by atoms with Gasteiger partial charge in [0.25, 0.3) is 5.56 Å². The lowest BCUT2D eigenvalue weighted by Crippen LogP contribution is -2.20. The molecule has 0 saturated carbocycles. The minimum absolute atomic E-state index is 0.00935. The van der Waals surface area contributed by atoms with Gasteiger partial charge >= 0.3 is 0 Å². The van der Waals surface area contributed by atoms with Crippen LogP contribution in [0.5, 0.6) is 0 Å². The first-order valence-electron chi connectivity index (χ1n) is 7.73. The Morgan fingerprint density at radius 1 is 1.00 bits per heavy atom. The second-order valence-electron chi connectivity index (χ2n) is 6.93. The van der Waals surface area contributed by atoms with Crippen LogP contribution in [0, 0.1) is 0 Å². The molecule has 2 aromatic carbocycles. The third-order valence-electron chi connectivity index (χ3n) is 4.11. The van der Waals surface area contributed by atoms with Gasteiger partial charge in [-0.2, -0.15) is 0 Å².